The first-order valence-corrected chi connectivity index (χ1v) is 9.59. The fourth-order valence-electron chi connectivity index (χ4n) is 2.23. The van der Waals surface area contributed by atoms with Crippen LogP contribution in [0, 0.1) is 6.92 Å². The Hall–Kier alpha value is -2.11. The Kier molecular flexibility index (Phi) is 5.33. The van der Waals surface area contributed by atoms with Gasteiger partial charge < -0.3 is 0 Å². The minimum Gasteiger partial charge on any atom is -0.298 e. The van der Waals surface area contributed by atoms with Crippen LogP contribution in [0.25, 0.3) is 11.3 Å². The SMILES string of the molecule is CCSc1ccc(C(=O)Nc2nc(-c3ccc(C)cc3)cs2)cc1. The molecule has 5 heteroatoms. The van der Waals surface area contributed by atoms with E-state index in [9.17, 15) is 4.79 Å². The van der Waals surface area contributed by atoms with Crippen molar-refractivity contribution in [1.82, 2.24) is 4.98 Å². The van der Waals surface area contributed by atoms with Gasteiger partial charge in [0.15, 0.2) is 5.13 Å². The minimum absolute atomic E-state index is 0.132. The molecular weight excluding hydrogens is 336 g/mol. The zero-order chi connectivity index (χ0) is 16.9. The maximum Gasteiger partial charge on any atom is 0.257 e. The van der Waals surface area contributed by atoms with Crippen molar-refractivity contribution in [3.8, 4) is 11.3 Å². The number of rotatable bonds is 5. The van der Waals surface area contributed by atoms with Gasteiger partial charge in [0.1, 0.15) is 0 Å². The summed E-state index contributed by atoms with van der Waals surface area (Å²) in [6.45, 7) is 4.17. The first-order valence-electron chi connectivity index (χ1n) is 7.72. The molecule has 24 heavy (non-hydrogen) atoms. The quantitative estimate of drug-likeness (QED) is 0.617. The van der Waals surface area contributed by atoms with Crippen molar-refractivity contribution < 1.29 is 4.79 Å². The van der Waals surface area contributed by atoms with E-state index in [4.69, 9.17) is 0 Å². The van der Waals surface area contributed by atoms with Gasteiger partial charge in [-0.05, 0) is 36.9 Å². The lowest BCUT2D eigenvalue weighted by molar-refractivity contribution is 0.102. The van der Waals surface area contributed by atoms with E-state index in [0.717, 1.165) is 17.0 Å². The Morgan fingerprint density at radius 1 is 1.12 bits per heavy atom. The molecular formula is C19H18N2OS2. The maximum atomic E-state index is 12.3. The molecule has 0 fully saturated rings. The molecule has 0 radical (unpaired) electrons. The molecule has 0 aliphatic heterocycles. The number of benzene rings is 2. The minimum atomic E-state index is -0.132. The number of hydrogen-bond donors (Lipinski definition) is 1. The van der Waals surface area contributed by atoms with Gasteiger partial charge in [-0.15, -0.1) is 23.1 Å². The van der Waals surface area contributed by atoms with Gasteiger partial charge in [0.05, 0.1) is 5.69 Å². The van der Waals surface area contributed by atoms with Gasteiger partial charge in [-0.1, -0.05) is 36.8 Å². The average Bonchev–Trinajstić information content (AvgIpc) is 3.05. The number of carbonyl (C=O) groups is 1. The van der Waals surface area contributed by atoms with Gasteiger partial charge in [-0.25, -0.2) is 4.98 Å². The van der Waals surface area contributed by atoms with Crippen molar-refractivity contribution >= 4 is 34.1 Å². The summed E-state index contributed by atoms with van der Waals surface area (Å²) < 4.78 is 0. The van der Waals surface area contributed by atoms with Crippen LogP contribution in [0.4, 0.5) is 5.13 Å². The van der Waals surface area contributed by atoms with Crippen molar-refractivity contribution in [2.45, 2.75) is 18.7 Å². The van der Waals surface area contributed by atoms with Crippen LogP contribution >= 0.6 is 23.1 Å². The second kappa shape index (κ2) is 7.64. The first kappa shape index (κ1) is 16.7. The number of amides is 1. The molecule has 1 heterocycles. The van der Waals surface area contributed by atoms with E-state index in [1.54, 1.807) is 11.8 Å². The molecule has 0 atom stereocenters. The van der Waals surface area contributed by atoms with Gasteiger partial charge >= 0.3 is 0 Å². The lowest BCUT2D eigenvalue weighted by Gasteiger charge is -2.03. The van der Waals surface area contributed by atoms with Gasteiger partial charge in [-0.2, -0.15) is 0 Å². The zero-order valence-electron chi connectivity index (χ0n) is 13.6. The molecule has 3 nitrogen and oxygen atoms in total. The van der Waals surface area contributed by atoms with Crippen LogP contribution in [0.5, 0.6) is 0 Å². The number of aromatic nitrogens is 1. The number of nitrogens with one attached hydrogen (secondary N) is 1. The molecule has 0 unspecified atom stereocenters. The Labute approximate surface area is 150 Å². The predicted molar refractivity (Wildman–Crippen MR) is 103 cm³/mol. The summed E-state index contributed by atoms with van der Waals surface area (Å²) in [4.78, 5) is 18.0. The van der Waals surface area contributed by atoms with Crippen LogP contribution in [-0.4, -0.2) is 16.6 Å². The van der Waals surface area contributed by atoms with Crippen molar-refractivity contribution in [3.05, 3.63) is 65.0 Å². The van der Waals surface area contributed by atoms with Crippen LogP contribution in [0.15, 0.2) is 58.8 Å². The molecule has 3 rings (SSSR count). The maximum absolute atomic E-state index is 12.3. The lowest BCUT2D eigenvalue weighted by Crippen LogP contribution is -2.11. The molecule has 0 saturated carbocycles. The molecule has 0 aliphatic rings. The summed E-state index contributed by atoms with van der Waals surface area (Å²) >= 11 is 3.20. The summed E-state index contributed by atoms with van der Waals surface area (Å²) in [5, 5.41) is 5.45. The molecule has 2 aromatic carbocycles. The van der Waals surface area contributed by atoms with Gasteiger partial charge in [0, 0.05) is 21.4 Å². The van der Waals surface area contributed by atoms with E-state index in [-0.39, 0.29) is 5.91 Å². The molecule has 1 amide bonds. The molecule has 1 N–H and O–H groups in total. The van der Waals surface area contributed by atoms with E-state index in [1.165, 1.54) is 21.8 Å². The molecule has 1 aromatic heterocycles. The second-order valence-electron chi connectivity index (χ2n) is 5.32. The van der Waals surface area contributed by atoms with E-state index in [1.807, 2.05) is 41.8 Å². The number of thioether (sulfide) groups is 1. The van der Waals surface area contributed by atoms with E-state index < -0.39 is 0 Å². The molecule has 3 aromatic rings. The normalized spacial score (nSPS) is 10.6. The Morgan fingerprint density at radius 2 is 1.83 bits per heavy atom. The van der Waals surface area contributed by atoms with E-state index >= 15 is 0 Å². The first-order chi connectivity index (χ1) is 11.7. The third-order valence-electron chi connectivity index (χ3n) is 3.50. The van der Waals surface area contributed by atoms with Crippen LogP contribution in [-0.2, 0) is 0 Å². The number of nitrogens with zero attached hydrogens (tertiary/aromatic N) is 1. The molecule has 0 saturated heterocycles. The highest BCUT2D eigenvalue weighted by atomic mass is 32.2. The fraction of sp³-hybridized carbons (Fsp3) is 0.158. The number of anilines is 1. The summed E-state index contributed by atoms with van der Waals surface area (Å²) in [6.07, 6.45) is 0. The third kappa shape index (κ3) is 4.04. The third-order valence-corrected chi connectivity index (χ3v) is 5.15. The van der Waals surface area contributed by atoms with Crippen LogP contribution in [0.3, 0.4) is 0 Å². The van der Waals surface area contributed by atoms with Crippen molar-refractivity contribution in [2.75, 3.05) is 11.1 Å². The Bertz CT molecular complexity index is 823. The second-order valence-corrected chi connectivity index (χ2v) is 7.51. The van der Waals surface area contributed by atoms with Crippen LogP contribution in [0.2, 0.25) is 0 Å². The summed E-state index contributed by atoms with van der Waals surface area (Å²) in [7, 11) is 0. The molecule has 122 valence electrons. The van der Waals surface area contributed by atoms with Crippen molar-refractivity contribution in [1.29, 1.82) is 0 Å². The largest absolute Gasteiger partial charge is 0.298 e. The van der Waals surface area contributed by atoms with E-state index in [0.29, 0.717) is 10.7 Å². The number of hydrogen-bond acceptors (Lipinski definition) is 4. The van der Waals surface area contributed by atoms with Gasteiger partial charge in [0.25, 0.3) is 5.91 Å². The summed E-state index contributed by atoms with van der Waals surface area (Å²) in [6, 6.07) is 15.8. The highest BCUT2D eigenvalue weighted by Crippen LogP contribution is 2.25. The highest BCUT2D eigenvalue weighted by Gasteiger charge is 2.10. The standard InChI is InChI=1S/C19H18N2OS2/c1-3-23-16-10-8-15(9-11-16)18(22)21-19-20-17(12-24-19)14-6-4-13(2)5-7-14/h4-12H,3H2,1-2H3,(H,20,21,22). The van der Waals surface area contributed by atoms with Crippen LogP contribution in [0.1, 0.15) is 22.8 Å². The van der Waals surface area contributed by atoms with E-state index in [2.05, 4.69) is 36.3 Å². The highest BCUT2D eigenvalue weighted by molar-refractivity contribution is 7.99. The molecule has 0 spiro atoms. The molecule has 0 bridgehead atoms. The number of aryl methyl sites for hydroxylation is 1. The number of carbonyl (C=O) groups excluding carboxylic acids is 1. The smallest absolute Gasteiger partial charge is 0.257 e. The zero-order valence-corrected chi connectivity index (χ0v) is 15.2. The summed E-state index contributed by atoms with van der Waals surface area (Å²) in [5.74, 6) is 0.889. The number of thiazole rings is 1. The Balaban J connectivity index is 1.69. The Morgan fingerprint density at radius 3 is 2.50 bits per heavy atom. The van der Waals surface area contributed by atoms with Crippen molar-refractivity contribution in [3.63, 3.8) is 0 Å². The topological polar surface area (TPSA) is 42.0 Å². The fourth-order valence-corrected chi connectivity index (χ4v) is 3.60. The van der Waals surface area contributed by atoms with Gasteiger partial charge in [0.2, 0.25) is 0 Å². The summed E-state index contributed by atoms with van der Waals surface area (Å²) in [5.41, 5.74) is 3.79. The average molecular weight is 354 g/mol. The monoisotopic (exact) mass is 354 g/mol. The van der Waals surface area contributed by atoms with Gasteiger partial charge in [-0.3, -0.25) is 10.1 Å². The van der Waals surface area contributed by atoms with Crippen LogP contribution < -0.4 is 5.32 Å². The lowest BCUT2D eigenvalue weighted by atomic mass is 10.1. The predicted octanol–water partition coefficient (Wildman–Crippen LogP) is 5.48. The van der Waals surface area contributed by atoms with Crippen molar-refractivity contribution in [2.24, 2.45) is 0 Å². The molecule has 0 aliphatic carbocycles.